The fourth-order valence-electron chi connectivity index (χ4n) is 5.15. The molecule has 0 aliphatic rings. The number of carboxylic acids is 1. The van der Waals surface area contributed by atoms with Crippen LogP contribution in [-0.2, 0) is 14.3 Å². The third kappa shape index (κ3) is 14.1. The molecular weight excluding hydrogens is 412 g/mol. The lowest BCUT2D eigenvalue weighted by Gasteiger charge is -2.36. The smallest absolute Gasteiger partial charge is 0.313 e. The Balaban J connectivity index is 5.39. The normalized spacial score (nSPS) is 14.2. The first-order chi connectivity index (χ1) is 15.9. The summed E-state index contributed by atoms with van der Waals surface area (Å²) in [5.74, 6) is -0.0575. The largest absolute Gasteiger partial charge is 0.481 e. The molecule has 0 aromatic carbocycles. The van der Waals surface area contributed by atoms with Gasteiger partial charge in [0.25, 0.3) is 0 Å². The first-order valence-electron chi connectivity index (χ1n) is 14.3. The van der Waals surface area contributed by atoms with E-state index in [2.05, 4.69) is 27.7 Å². The minimum absolute atomic E-state index is 0.0286. The first-order valence-corrected chi connectivity index (χ1v) is 14.3. The summed E-state index contributed by atoms with van der Waals surface area (Å²) in [5, 5.41) is 10.4. The van der Waals surface area contributed by atoms with Crippen LogP contribution >= 0.6 is 0 Å². The van der Waals surface area contributed by atoms with Crippen LogP contribution < -0.4 is 0 Å². The molecule has 4 heteroatoms. The predicted octanol–water partition coefficient (Wildman–Crippen LogP) is 8.95. The van der Waals surface area contributed by atoms with E-state index in [-0.39, 0.29) is 12.6 Å². The summed E-state index contributed by atoms with van der Waals surface area (Å²) in [6.45, 7) is 10.9. The lowest BCUT2D eigenvalue weighted by molar-refractivity contribution is -0.162. The maximum Gasteiger partial charge on any atom is 0.313 e. The second-order valence-corrected chi connectivity index (χ2v) is 10.3. The number of hydrogen-bond donors (Lipinski definition) is 1. The minimum atomic E-state index is -0.957. The number of carbonyl (C=O) groups is 2. The molecule has 2 unspecified atom stereocenters. The van der Waals surface area contributed by atoms with Crippen LogP contribution in [0.3, 0.4) is 0 Å². The quantitative estimate of drug-likeness (QED) is 0.120. The Morgan fingerprint density at radius 1 is 0.697 bits per heavy atom. The van der Waals surface area contributed by atoms with E-state index in [0.29, 0.717) is 31.1 Å². The van der Waals surface area contributed by atoms with Gasteiger partial charge in [0.15, 0.2) is 0 Å². The van der Waals surface area contributed by atoms with E-state index < -0.39 is 11.4 Å². The number of hydrogen-bond acceptors (Lipinski definition) is 3. The van der Waals surface area contributed by atoms with Gasteiger partial charge in [-0.3, -0.25) is 9.59 Å². The van der Waals surface area contributed by atoms with Crippen LogP contribution in [0.4, 0.5) is 0 Å². The number of unbranched alkanes of at least 4 members (excludes halogenated alkanes) is 7. The van der Waals surface area contributed by atoms with E-state index in [1.54, 1.807) is 0 Å². The molecule has 196 valence electrons. The van der Waals surface area contributed by atoms with Gasteiger partial charge in [-0.2, -0.15) is 0 Å². The summed E-state index contributed by atoms with van der Waals surface area (Å²) in [5.41, 5.74) is -0.957. The van der Waals surface area contributed by atoms with Crippen LogP contribution in [0, 0.1) is 17.3 Å². The van der Waals surface area contributed by atoms with E-state index in [4.69, 9.17) is 4.74 Å². The van der Waals surface area contributed by atoms with Gasteiger partial charge < -0.3 is 9.84 Å². The predicted molar refractivity (Wildman–Crippen MR) is 139 cm³/mol. The zero-order chi connectivity index (χ0) is 25.0. The summed E-state index contributed by atoms with van der Waals surface area (Å²) in [6, 6.07) is 0. The molecule has 4 nitrogen and oxygen atoms in total. The van der Waals surface area contributed by atoms with Gasteiger partial charge in [0, 0.05) is 6.42 Å². The molecule has 0 bridgehead atoms. The molecule has 0 aromatic heterocycles. The van der Waals surface area contributed by atoms with Crippen LogP contribution in [0.15, 0.2) is 0 Å². The summed E-state index contributed by atoms with van der Waals surface area (Å²) < 4.78 is 5.66. The Hall–Kier alpha value is -1.06. The lowest BCUT2D eigenvalue weighted by atomic mass is 9.69. The van der Waals surface area contributed by atoms with Gasteiger partial charge >= 0.3 is 11.9 Å². The molecule has 0 aliphatic heterocycles. The molecule has 0 saturated heterocycles. The van der Waals surface area contributed by atoms with Gasteiger partial charge in [-0.15, -0.1) is 0 Å². The third-order valence-corrected chi connectivity index (χ3v) is 7.28. The fourth-order valence-corrected chi connectivity index (χ4v) is 5.15. The van der Waals surface area contributed by atoms with Crippen molar-refractivity contribution in [2.45, 2.75) is 150 Å². The molecule has 0 spiro atoms. The van der Waals surface area contributed by atoms with Crippen LogP contribution in [0.5, 0.6) is 0 Å². The molecule has 0 radical (unpaired) electrons. The van der Waals surface area contributed by atoms with E-state index in [1.807, 2.05) is 6.92 Å². The van der Waals surface area contributed by atoms with Crippen LogP contribution in [-0.4, -0.2) is 23.7 Å². The number of aliphatic carboxylic acids is 1. The summed E-state index contributed by atoms with van der Waals surface area (Å²) in [4.78, 5) is 25.0. The third-order valence-electron chi connectivity index (χ3n) is 7.28. The van der Waals surface area contributed by atoms with Crippen molar-refractivity contribution in [2.24, 2.45) is 17.3 Å². The molecule has 2 atom stereocenters. The monoisotopic (exact) mass is 468 g/mol. The topological polar surface area (TPSA) is 63.6 Å². The molecule has 0 aromatic rings. The van der Waals surface area contributed by atoms with Crippen molar-refractivity contribution in [1.29, 1.82) is 0 Å². The van der Waals surface area contributed by atoms with Crippen LogP contribution in [0.25, 0.3) is 0 Å². The molecule has 0 aliphatic carbocycles. The van der Waals surface area contributed by atoms with E-state index in [1.165, 1.54) is 51.4 Å². The molecular formula is C29H56O4. The average Bonchev–Trinajstić information content (AvgIpc) is 2.80. The maximum atomic E-state index is 12.6. The van der Waals surface area contributed by atoms with Crippen LogP contribution in [0.2, 0.25) is 0 Å². The SMILES string of the molecule is CCCCCCCC(=O)OCC(CCC)(CC(CCCC)C(CCCC)CCCC)C(=O)O. The summed E-state index contributed by atoms with van der Waals surface area (Å²) >= 11 is 0. The number of carboxylic acid groups (broad SMARTS) is 1. The molecule has 0 amide bonds. The summed E-state index contributed by atoms with van der Waals surface area (Å²) in [6.07, 6.45) is 18.3. The minimum Gasteiger partial charge on any atom is -0.481 e. The van der Waals surface area contributed by atoms with Crippen LogP contribution in [0.1, 0.15) is 150 Å². The van der Waals surface area contributed by atoms with Gasteiger partial charge in [0.05, 0.1) is 0 Å². The van der Waals surface area contributed by atoms with Crippen molar-refractivity contribution in [3.05, 3.63) is 0 Å². The van der Waals surface area contributed by atoms with Crippen molar-refractivity contribution < 1.29 is 19.4 Å². The maximum absolute atomic E-state index is 12.6. The van der Waals surface area contributed by atoms with Gasteiger partial charge in [0.1, 0.15) is 12.0 Å². The Morgan fingerprint density at radius 3 is 1.70 bits per heavy atom. The standard InChI is InChI=1S/C29H56O4/c1-6-11-15-16-17-21-27(30)33-24-29(22-10-5,28(31)32)23-26(20-14-9-4)25(18-12-7-2)19-13-8-3/h25-26H,6-24H2,1-5H3,(H,31,32). The molecule has 0 heterocycles. The zero-order valence-electron chi connectivity index (χ0n) is 22.8. The zero-order valence-corrected chi connectivity index (χ0v) is 22.8. The number of carbonyl (C=O) groups excluding carboxylic acids is 1. The highest BCUT2D eigenvalue weighted by atomic mass is 16.5. The molecule has 0 rings (SSSR count). The van der Waals surface area contributed by atoms with Gasteiger partial charge in [0.2, 0.25) is 0 Å². The van der Waals surface area contributed by atoms with Gasteiger partial charge in [-0.05, 0) is 31.1 Å². The van der Waals surface area contributed by atoms with Gasteiger partial charge in [-0.1, -0.05) is 125 Å². The Bertz CT molecular complexity index is 482. The second-order valence-electron chi connectivity index (χ2n) is 10.3. The molecule has 33 heavy (non-hydrogen) atoms. The highest BCUT2D eigenvalue weighted by molar-refractivity contribution is 5.76. The van der Waals surface area contributed by atoms with E-state index in [0.717, 1.165) is 44.9 Å². The fraction of sp³-hybridized carbons (Fsp3) is 0.931. The van der Waals surface area contributed by atoms with Gasteiger partial charge in [-0.25, -0.2) is 0 Å². The Labute approximate surface area is 205 Å². The number of ether oxygens (including phenoxy) is 1. The molecule has 0 saturated carbocycles. The van der Waals surface area contributed by atoms with Crippen molar-refractivity contribution in [1.82, 2.24) is 0 Å². The van der Waals surface area contributed by atoms with Crippen molar-refractivity contribution in [3.8, 4) is 0 Å². The first kappa shape index (κ1) is 31.9. The number of rotatable bonds is 23. The van der Waals surface area contributed by atoms with E-state index >= 15 is 0 Å². The summed E-state index contributed by atoms with van der Waals surface area (Å²) in [7, 11) is 0. The highest BCUT2D eigenvalue weighted by Crippen LogP contribution is 2.41. The Kier molecular flexibility index (Phi) is 19.7. The van der Waals surface area contributed by atoms with Crippen molar-refractivity contribution >= 4 is 11.9 Å². The second kappa shape index (κ2) is 20.3. The highest BCUT2D eigenvalue weighted by Gasteiger charge is 2.42. The lowest BCUT2D eigenvalue weighted by Crippen LogP contribution is -2.40. The Morgan fingerprint density at radius 2 is 1.21 bits per heavy atom. The van der Waals surface area contributed by atoms with Crippen molar-refractivity contribution in [3.63, 3.8) is 0 Å². The average molecular weight is 469 g/mol. The molecule has 1 N–H and O–H groups in total. The van der Waals surface area contributed by atoms with E-state index in [9.17, 15) is 14.7 Å². The van der Waals surface area contributed by atoms with Crippen molar-refractivity contribution in [2.75, 3.05) is 6.61 Å². The number of esters is 1. The molecule has 0 fully saturated rings.